The van der Waals surface area contributed by atoms with Crippen LogP contribution in [-0.2, 0) is 18.4 Å². The maximum Gasteiger partial charge on any atom is 0.472 e. The third kappa shape index (κ3) is 31.4. The van der Waals surface area contributed by atoms with Crippen molar-refractivity contribution in [2.24, 2.45) is 5.73 Å². The monoisotopic (exact) mass is 659 g/mol. The van der Waals surface area contributed by atoms with E-state index in [2.05, 4.69) is 31.3 Å². The Balaban J connectivity index is 4.19. The van der Waals surface area contributed by atoms with Gasteiger partial charge in [-0.25, -0.2) is 4.57 Å². The summed E-state index contributed by atoms with van der Waals surface area (Å²) in [5.41, 5.74) is 5.34. The second-order valence-electron chi connectivity index (χ2n) is 12.4. The van der Waals surface area contributed by atoms with Crippen molar-refractivity contribution in [3.05, 3.63) is 24.3 Å². The molecule has 0 saturated heterocycles. The minimum atomic E-state index is -4.32. The molecule has 0 aliphatic heterocycles. The first-order valence-corrected chi connectivity index (χ1v) is 20.0. The van der Waals surface area contributed by atoms with E-state index in [4.69, 9.17) is 14.8 Å². The van der Waals surface area contributed by atoms with Crippen molar-refractivity contribution in [3.63, 3.8) is 0 Å². The lowest BCUT2D eigenvalue weighted by Crippen LogP contribution is -2.45. The molecular weight excluding hydrogens is 587 g/mol. The summed E-state index contributed by atoms with van der Waals surface area (Å²) in [5, 5.41) is 13.5. The Morgan fingerprint density at radius 2 is 1.16 bits per heavy atom. The van der Waals surface area contributed by atoms with Crippen LogP contribution in [0.25, 0.3) is 0 Å². The molecule has 266 valence electrons. The number of rotatable bonds is 34. The number of aliphatic hydroxyl groups excluding tert-OH is 1. The minimum absolute atomic E-state index is 0.0780. The van der Waals surface area contributed by atoms with E-state index in [0.29, 0.717) is 6.42 Å². The fourth-order valence-corrected chi connectivity index (χ4v) is 5.94. The van der Waals surface area contributed by atoms with Crippen LogP contribution in [0.5, 0.6) is 0 Å². The normalized spacial score (nSPS) is 14.7. The average molecular weight is 659 g/mol. The lowest BCUT2D eigenvalue weighted by Gasteiger charge is -2.23. The van der Waals surface area contributed by atoms with Crippen LogP contribution in [-0.4, -0.2) is 47.8 Å². The van der Waals surface area contributed by atoms with Gasteiger partial charge in [-0.1, -0.05) is 141 Å². The Labute approximate surface area is 277 Å². The molecule has 0 heterocycles. The predicted octanol–water partition coefficient (Wildman–Crippen LogP) is 9.44. The van der Waals surface area contributed by atoms with Crippen LogP contribution in [0.15, 0.2) is 24.3 Å². The zero-order valence-corrected chi connectivity index (χ0v) is 30.0. The van der Waals surface area contributed by atoms with Gasteiger partial charge in [0.2, 0.25) is 5.91 Å². The van der Waals surface area contributed by atoms with E-state index < -0.39 is 20.0 Å². The van der Waals surface area contributed by atoms with Crippen molar-refractivity contribution < 1.29 is 28.4 Å². The number of phosphoric ester groups is 1. The Kier molecular flexibility index (Phi) is 32.2. The number of carbonyl (C=O) groups is 1. The van der Waals surface area contributed by atoms with Gasteiger partial charge >= 0.3 is 7.82 Å². The summed E-state index contributed by atoms with van der Waals surface area (Å²) < 4.78 is 21.9. The summed E-state index contributed by atoms with van der Waals surface area (Å²) in [6, 6.07) is -0.857. The van der Waals surface area contributed by atoms with Gasteiger partial charge in [0.15, 0.2) is 0 Å². The second-order valence-corrected chi connectivity index (χ2v) is 13.9. The molecule has 9 heteroatoms. The van der Waals surface area contributed by atoms with Crippen LogP contribution >= 0.6 is 7.82 Å². The molecule has 0 rings (SSSR count). The van der Waals surface area contributed by atoms with Gasteiger partial charge in [0.1, 0.15) is 0 Å². The van der Waals surface area contributed by atoms with Crippen molar-refractivity contribution in [1.29, 1.82) is 0 Å². The standard InChI is InChI=1S/C36H71N2O6P/c1-3-5-7-9-11-13-14-15-16-17-18-19-20-21-22-24-26-28-30-36(40)38-34(33-44-45(41,42)43-32-31-37)35(39)29-27-25-23-12-10-8-6-4-2/h16-17,27,29,34-35,39H,3-15,18-26,28,30-33,37H2,1-2H3,(H,38,40)(H,41,42)/b17-16-,29-27+. The maximum atomic E-state index is 12.6. The van der Waals surface area contributed by atoms with Gasteiger partial charge < -0.3 is 21.1 Å². The number of aliphatic hydroxyl groups is 1. The number of hydrogen-bond donors (Lipinski definition) is 4. The third-order valence-corrected chi connectivity index (χ3v) is 9.01. The molecule has 3 atom stereocenters. The van der Waals surface area contributed by atoms with Crippen LogP contribution in [0.3, 0.4) is 0 Å². The number of allylic oxidation sites excluding steroid dienone is 3. The smallest absolute Gasteiger partial charge is 0.387 e. The Morgan fingerprint density at radius 3 is 1.64 bits per heavy atom. The highest BCUT2D eigenvalue weighted by Gasteiger charge is 2.26. The third-order valence-electron chi connectivity index (χ3n) is 8.02. The highest BCUT2D eigenvalue weighted by molar-refractivity contribution is 7.47. The van der Waals surface area contributed by atoms with Gasteiger partial charge in [-0.05, 0) is 44.9 Å². The molecule has 45 heavy (non-hydrogen) atoms. The number of nitrogens with one attached hydrogen (secondary N) is 1. The van der Waals surface area contributed by atoms with Crippen molar-refractivity contribution in [3.8, 4) is 0 Å². The number of nitrogens with two attached hydrogens (primary N) is 1. The van der Waals surface area contributed by atoms with Crippen molar-refractivity contribution in [2.45, 2.75) is 180 Å². The first-order chi connectivity index (χ1) is 21.9. The van der Waals surface area contributed by atoms with E-state index in [1.165, 1.54) is 109 Å². The Hall–Kier alpha value is -1.02. The molecule has 0 bridgehead atoms. The fourth-order valence-electron chi connectivity index (χ4n) is 5.18. The number of amides is 1. The topological polar surface area (TPSA) is 131 Å². The summed E-state index contributed by atoms with van der Waals surface area (Å²) in [6.45, 7) is 4.07. The number of unbranched alkanes of at least 4 members (excludes halogenated alkanes) is 20. The Bertz CT molecular complexity index is 764. The van der Waals surface area contributed by atoms with Crippen LogP contribution in [0.2, 0.25) is 0 Å². The van der Waals surface area contributed by atoms with Gasteiger partial charge in [0, 0.05) is 13.0 Å². The molecule has 0 spiro atoms. The van der Waals surface area contributed by atoms with Gasteiger partial charge in [-0.15, -0.1) is 0 Å². The SMILES string of the molecule is CCCCCCCC/C=C/C(O)C(COP(=O)(O)OCCN)NC(=O)CCCCCCCCC/C=C\CCCCCCCCC. The number of hydrogen-bond acceptors (Lipinski definition) is 6. The minimum Gasteiger partial charge on any atom is -0.387 e. The maximum absolute atomic E-state index is 12.6. The van der Waals surface area contributed by atoms with Crippen LogP contribution in [0.4, 0.5) is 0 Å². The van der Waals surface area contributed by atoms with Crippen molar-refractivity contribution in [1.82, 2.24) is 5.32 Å². The van der Waals surface area contributed by atoms with Crippen LogP contribution in [0.1, 0.15) is 168 Å². The average Bonchev–Trinajstić information content (AvgIpc) is 3.02. The molecule has 0 aromatic heterocycles. The van der Waals surface area contributed by atoms with Crippen LogP contribution < -0.4 is 11.1 Å². The van der Waals surface area contributed by atoms with Gasteiger partial charge in [-0.3, -0.25) is 13.8 Å². The zero-order valence-electron chi connectivity index (χ0n) is 29.1. The summed E-state index contributed by atoms with van der Waals surface area (Å²) in [5.74, 6) is -0.203. The lowest BCUT2D eigenvalue weighted by atomic mass is 10.1. The molecule has 1 amide bonds. The summed E-state index contributed by atoms with van der Waals surface area (Å²) in [6.07, 6.45) is 35.2. The predicted molar refractivity (Wildman–Crippen MR) is 189 cm³/mol. The zero-order chi connectivity index (χ0) is 33.3. The van der Waals surface area contributed by atoms with Gasteiger partial charge in [0.05, 0.1) is 25.4 Å². The molecule has 5 N–H and O–H groups in total. The van der Waals surface area contributed by atoms with Crippen molar-refractivity contribution >= 4 is 13.7 Å². The first-order valence-electron chi connectivity index (χ1n) is 18.5. The molecule has 0 saturated carbocycles. The molecule has 0 radical (unpaired) electrons. The molecule has 0 aliphatic rings. The van der Waals surface area contributed by atoms with E-state index in [0.717, 1.165) is 38.5 Å². The number of phosphoric acid groups is 1. The molecule has 0 aliphatic carbocycles. The van der Waals surface area contributed by atoms with Gasteiger partial charge in [-0.2, -0.15) is 0 Å². The van der Waals surface area contributed by atoms with Gasteiger partial charge in [0.25, 0.3) is 0 Å². The van der Waals surface area contributed by atoms with E-state index >= 15 is 0 Å². The summed E-state index contributed by atoms with van der Waals surface area (Å²) >= 11 is 0. The molecule has 3 unspecified atom stereocenters. The molecule has 0 aromatic rings. The first kappa shape index (κ1) is 44.0. The van der Waals surface area contributed by atoms with Crippen molar-refractivity contribution in [2.75, 3.05) is 19.8 Å². The van der Waals surface area contributed by atoms with E-state index in [1.807, 2.05) is 6.08 Å². The lowest BCUT2D eigenvalue weighted by molar-refractivity contribution is -0.123. The summed E-state index contributed by atoms with van der Waals surface area (Å²) in [4.78, 5) is 22.5. The quantitative estimate of drug-likeness (QED) is 0.0308. The fraction of sp³-hybridized carbons (Fsp3) is 0.861. The van der Waals surface area contributed by atoms with E-state index in [9.17, 15) is 19.4 Å². The Morgan fingerprint density at radius 1 is 0.711 bits per heavy atom. The molecule has 0 aromatic carbocycles. The highest BCUT2D eigenvalue weighted by Crippen LogP contribution is 2.43. The largest absolute Gasteiger partial charge is 0.472 e. The summed E-state index contributed by atoms with van der Waals surface area (Å²) in [7, 11) is -4.32. The molecule has 8 nitrogen and oxygen atoms in total. The number of carbonyl (C=O) groups excluding carboxylic acids is 1. The highest BCUT2D eigenvalue weighted by atomic mass is 31.2. The molecular formula is C36H71N2O6P. The van der Waals surface area contributed by atoms with E-state index in [1.54, 1.807) is 6.08 Å². The van der Waals surface area contributed by atoms with E-state index in [-0.39, 0.29) is 25.7 Å². The van der Waals surface area contributed by atoms with Crippen LogP contribution in [0, 0.1) is 0 Å². The molecule has 0 fully saturated rings. The second kappa shape index (κ2) is 32.9.